The molecule has 26 heavy (non-hydrogen) atoms. The van der Waals surface area contributed by atoms with E-state index in [1.54, 1.807) is 23.5 Å². The minimum atomic E-state index is -0.236. The number of hydrogen-bond acceptors (Lipinski definition) is 1. The van der Waals surface area contributed by atoms with Gasteiger partial charge in [0.05, 0.1) is 0 Å². The molecule has 0 aliphatic carbocycles. The average molecular weight is 362 g/mol. The molecule has 0 bridgehead atoms. The lowest BCUT2D eigenvalue weighted by Gasteiger charge is -2.04. The van der Waals surface area contributed by atoms with Gasteiger partial charge in [-0.2, -0.15) is 0 Å². The molecule has 3 heteroatoms. The highest BCUT2D eigenvalue weighted by Gasteiger charge is 2.13. The summed E-state index contributed by atoms with van der Waals surface area (Å²) in [6.07, 6.45) is 0.724. The molecule has 0 fully saturated rings. The molecule has 3 aromatic carbocycles. The van der Waals surface area contributed by atoms with Gasteiger partial charge in [-0.3, -0.25) is 0 Å². The Morgan fingerprint density at radius 3 is 1.92 bits per heavy atom. The van der Waals surface area contributed by atoms with E-state index in [1.807, 2.05) is 30.3 Å². The standard InChI is InChI=1S/C23H16F2S/c24-20-10-6-16(7-11-20)14-19-15-22(17-8-12-21(25)13-9-17)26-23(19)18-4-2-1-3-5-18/h1-13,15H,14H2. The zero-order valence-electron chi connectivity index (χ0n) is 14.0. The van der Waals surface area contributed by atoms with Gasteiger partial charge in [-0.1, -0.05) is 54.6 Å². The van der Waals surface area contributed by atoms with Gasteiger partial charge in [0, 0.05) is 9.75 Å². The molecule has 0 saturated carbocycles. The Morgan fingerprint density at radius 1 is 0.654 bits per heavy atom. The molecule has 0 nitrogen and oxygen atoms in total. The van der Waals surface area contributed by atoms with E-state index < -0.39 is 0 Å². The lowest BCUT2D eigenvalue weighted by molar-refractivity contribution is 0.627. The molecule has 0 aliphatic rings. The summed E-state index contributed by atoms with van der Waals surface area (Å²) in [5.74, 6) is -0.463. The van der Waals surface area contributed by atoms with Crippen molar-refractivity contribution in [2.75, 3.05) is 0 Å². The molecule has 4 rings (SSSR count). The van der Waals surface area contributed by atoms with Crippen molar-refractivity contribution in [3.63, 3.8) is 0 Å². The van der Waals surface area contributed by atoms with E-state index in [2.05, 4.69) is 18.2 Å². The van der Waals surface area contributed by atoms with Crippen molar-refractivity contribution < 1.29 is 8.78 Å². The Hall–Kier alpha value is -2.78. The summed E-state index contributed by atoms with van der Waals surface area (Å²) < 4.78 is 26.4. The van der Waals surface area contributed by atoms with Crippen LogP contribution in [0.5, 0.6) is 0 Å². The molecule has 4 aromatic rings. The molecule has 1 aromatic heterocycles. The monoisotopic (exact) mass is 362 g/mol. The average Bonchev–Trinajstić information content (AvgIpc) is 3.09. The van der Waals surface area contributed by atoms with Crippen LogP contribution in [0.3, 0.4) is 0 Å². The predicted molar refractivity (Wildman–Crippen MR) is 104 cm³/mol. The molecule has 128 valence electrons. The fourth-order valence-electron chi connectivity index (χ4n) is 2.97. The third-order valence-corrected chi connectivity index (χ3v) is 5.56. The Morgan fingerprint density at radius 2 is 1.27 bits per heavy atom. The van der Waals surface area contributed by atoms with Gasteiger partial charge in [0.25, 0.3) is 0 Å². The van der Waals surface area contributed by atoms with Gasteiger partial charge in [0.1, 0.15) is 11.6 Å². The van der Waals surface area contributed by atoms with E-state index in [-0.39, 0.29) is 11.6 Å². The number of rotatable bonds is 4. The number of thiophene rings is 1. The van der Waals surface area contributed by atoms with Crippen molar-refractivity contribution in [3.05, 3.63) is 108 Å². The smallest absolute Gasteiger partial charge is 0.123 e. The Balaban J connectivity index is 1.77. The van der Waals surface area contributed by atoms with Crippen molar-refractivity contribution >= 4 is 11.3 Å². The highest BCUT2D eigenvalue weighted by molar-refractivity contribution is 7.19. The number of halogens is 2. The van der Waals surface area contributed by atoms with Crippen molar-refractivity contribution in [1.29, 1.82) is 0 Å². The van der Waals surface area contributed by atoms with E-state index in [0.717, 1.165) is 28.0 Å². The largest absolute Gasteiger partial charge is 0.207 e. The summed E-state index contributed by atoms with van der Waals surface area (Å²) in [6.45, 7) is 0. The quantitative estimate of drug-likeness (QED) is 0.368. The van der Waals surface area contributed by atoms with Crippen molar-refractivity contribution in [3.8, 4) is 20.9 Å². The maximum absolute atomic E-state index is 13.2. The molecular formula is C23H16F2S. The zero-order chi connectivity index (χ0) is 17.9. The second kappa shape index (κ2) is 7.22. The molecule has 0 unspecified atom stereocenters. The molecule has 0 spiro atoms. The van der Waals surface area contributed by atoms with Crippen LogP contribution in [0.2, 0.25) is 0 Å². The maximum atomic E-state index is 13.2. The molecule has 0 saturated heterocycles. The van der Waals surface area contributed by atoms with Crippen LogP contribution in [0.15, 0.2) is 84.9 Å². The van der Waals surface area contributed by atoms with E-state index in [4.69, 9.17) is 0 Å². The summed E-state index contributed by atoms with van der Waals surface area (Å²) in [7, 11) is 0. The number of benzene rings is 3. The van der Waals surface area contributed by atoms with Crippen LogP contribution in [-0.4, -0.2) is 0 Å². The summed E-state index contributed by atoms with van der Waals surface area (Å²) >= 11 is 1.70. The SMILES string of the molecule is Fc1ccc(Cc2cc(-c3ccc(F)cc3)sc2-c2ccccc2)cc1. The predicted octanol–water partition coefficient (Wildman–Crippen LogP) is 6.95. The van der Waals surface area contributed by atoms with Gasteiger partial charge in [0.15, 0.2) is 0 Å². The molecule has 1 heterocycles. The van der Waals surface area contributed by atoms with Crippen LogP contribution in [0, 0.1) is 11.6 Å². The Bertz CT molecular complexity index is 1000. The zero-order valence-corrected chi connectivity index (χ0v) is 14.8. The summed E-state index contributed by atoms with van der Waals surface area (Å²) in [5.41, 5.74) is 4.40. The minimum Gasteiger partial charge on any atom is -0.207 e. The van der Waals surface area contributed by atoms with Gasteiger partial charge in [-0.25, -0.2) is 8.78 Å². The summed E-state index contributed by atoms with van der Waals surface area (Å²) in [4.78, 5) is 2.29. The van der Waals surface area contributed by atoms with Crippen LogP contribution >= 0.6 is 11.3 Å². The van der Waals surface area contributed by atoms with Crippen LogP contribution in [0.1, 0.15) is 11.1 Å². The summed E-state index contributed by atoms with van der Waals surface area (Å²) in [5, 5.41) is 0. The lowest BCUT2D eigenvalue weighted by atomic mass is 10.0. The van der Waals surface area contributed by atoms with Gasteiger partial charge in [-0.05, 0) is 59.0 Å². The van der Waals surface area contributed by atoms with E-state index in [9.17, 15) is 8.78 Å². The first-order valence-electron chi connectivity index (χ1n) is 8.37. The first kappa shape index (κ1) is 16.7. The third-order valence-electron chi connectivity index (χ3n) is 4.28. The van der Waals surface area contributed by atoms with E-state index in [1.165, 1.54) is 34.7 Å². The molecule has 0 N–H and O–H groups in total. The first-order valence-corrected chi connectivity index (χ1v) is 9.19. The third kappa shape index (κ3) is 3.58. The van der Waals surface area contributed by atoms with Crippen LogP contribution in [-0.2, 0) is 6.42 Å². The van der Waals surface area contributed by atoms with Crippen LogP contribution in [0.25, 0.3) is 20.9 Å². The fraction of sp³-hybridized carbons (Fsp3) is 0.0435. The lowest BCUT2D eigenvalue weighted by Crippen LogP contribution is -1.88. The van der Waals surface area contributed by atoms with Crippen LogP contribution in [0.4, 0.5) is 8.78 Å². The van der Waals surface area contributed by atoms with Crippen molar-refractivity contribution in [2.24, 2.45) is 0 Å². The van der Waals surface area contributed by atoms with Gasteiger partial charge in [0.2, 0.25) is 0 Å². The van der Waals surface area contributed by atoms with Crippen LogP contribution < -0.4 is 0 Å². The first-order chi connectivity index (χ1) is 12.7. The van der Waals surface area contributed by atoms with Crippen molar-refractivity contribution in [1.82, 2.24) is 0 Å². The maximum Gasteiger partial charge on any atom is 0.123 e. The second-order valence-corrected chi connectivity index (χ2v) is 7.19. The molecule has 0 radical (unpaired) electrons. The Kier molecular flexibility index (Phi) is 4.63. The Labute approximate surface area is 155 Å². The molecule has 0 atom stereocenters. The highest BCUT2D eigenvalue weighted by atomic mass is 32.1. The minimum absolute atomic E-state index is 0.227. The van der Waals surface area contributed by atoms with Gasteiger partial charge < -0.3 is 0 Å². The van der Waals surface area contributed by atoms with E-state index in [0.29, 0.717) is 0 Å². The van der Waals surface area contributed by atoms with Gasteiger partial charge >= 0.3 is 0 Å². The topological polar surface area (TPSA) is 0 Å². The fourth-order valence-corrected chi connectivity index (χ4v) is 4.16. The number of hydrogen-bond donors (Lipinski definition) is 0. The molecular weight excluding hydrogens is 346 g/mol. The van der Waals surface area contributed by atoms with Gasteiger partial charge in [-0.15, -0.1) is 11.3 Å². The summed E-state index contributed by atoms with van der Waals surface area (Å²) in [6, 6.07) is 25.6. The molecule has 0 aliphatic heterocycles. The second-order valence-electron chi connectivity index (χ2n) is 6.14. The molecule has 0 amide bonds. The normalized spacial score (nSPS) is 10.8. The van der Waals surface area contributed by atoms with E-state index >= 15 is 0 Å². The highest BCUT2D eigenvalue weighted by Crippen LogP contribution is 2.39. The van der Waals surface area contributed by atoms with Crippen molar-refractivity contribution in [2.45, 2.75) is 6.42 Å².